The van der Waals surface area contributed by atoms with Crippen molar-refractivity contribution in [1.29, 1.82) is 0 Å². The average molecular weight is 295 g/mol. The topological polar surface area (TPSA) is 46.2 Å². The maximum Gasteiger partial charge on any atom is 0.147 e. The molecule has 0 bridgehead atoms. The van der Waals surface area contributed by atoms with Crippen LogP contribution in [0.25, 0.3) is 0 Å². The second kappa shape index (κ2) is 6.72. The lowest BCUT2D eigenvalue weighted by Crippen LogP contribution is -2.36. The van der Waals surface area contributed by atoms with Crippen molar-refractivity contribution >= 4 is 9.84 Å². The first-order valence-corrected chi connectivity index (χ1v) is 9.48. The molecule has 1 aromatic carbocycles. The SMILES string of the molecule is C[C@H](CN[C@@H]1CCC[C@@H]1c1ccccc1)CS(C)(=O)=O. The maximum atomic E-state index is 11.3. The molecule has 4 heteroatoms. The van der Waals surface area contributed by atoms with E-state index in [0.717, 1.165) is 6.54 Å². The van der Waals surface area contributed by atoms with Crippen LogP contribution in [-0.2, 0) is 9.84 Å². The highest BCUT2D eigenvalue weighted by atomic mass is 32.2. The first kappa shape index (κ1) is 15.5. The van der Waals surface area contributed by atoms with Gasteiger partial charge in [0.2, 0.25) is 0 Å². The van der Waals surface area contributed by atoms with E-state index in [0.29, 0.717) is 12.0 Å². The van der Waals surface area contributed by atoms with Crippen molar-refractivity contribution in [3.8, 4) is 0 Å². The minimum absolute atomic E-state index is 0.169. The molecule has 0 spiro atoms. The summed E-state index contributed by atoms with van der Waals surface area (Å²) >= 11 is 0. The molecule has 1 N–H and O–H groups in total. The zero-order valence-electron chi connectivity index (χ0n) is 12.4. The molecule has 3 atom stereocenters. The van der Waals surface area contributed by atoms with E-state index in [1.54, 1.807) is 0 Å². The zero-order chi connectivity index (χ0) is 14.6. The van der Waals surface area contributed by atoms with Crippen LogP contribution >= 0.6 is 0 Å². The highest BCUT2D eigenvalue weighted by Gasteiger charge is 2.28. The van der Waals surface area contributed by atoms with Crippen LogP contribution in [0.2, 0.25) is 0 Å². The van der Waals surface area contributed by atoms with Gasteiger partial charge in [-0.1, -0.05) is 43.7 Å². The molecular formula is C16H25NO2S. The van der Waals surface area contributed by atoms with Crippen LogP contribution in [-0.4, -0.2) is 33.0 Å². The van der Waals surface area contributed by atoms with Gasteiger partial charge in [0.05, 0.1) is 5.75 Å². The first-order valence-electron chi connectivity index (χ1n) is 7.42. The highest BCUT2D eigenvalue weighted by molar-refractivity contribution is 7.90. The van der Waals surface area contributed by atoms with Gasteiger partial charge in [0.1, 0.15) is 9.84 Å². The van der Waals surface area contributed by atoms with E-state index in [-0.39, 0.29) is 11.7 Å². The molecule has 20 heavy (non-hydrogen) atoms. The summed E-state index contributed by atoms with van der Waals surface area (Å²) in [4.78, 5) is 0. The van der Waals surface area contributed by atoms with Gasteiger partial charge < -0.3 is 5.32 Å². The Balaban J connectivity index is 1.89. The van der Waals surface area contributed by atoms with Gasteiger partial charge in [-0.2, -0.15) is 0 Å². The van der Waals surface area contributed by atoms with Crippen LogP contribution < -0.4 is 5.32 Å². The van der Waals surface area contributed by atoms with Crippen LogP contribution in [0.3, 0.4) is 0 Å². The Labute approximate surface area is 122 Å². The fraction of sp³-hybridized carbons (Fsp3) is 0.625. The summed E-state index contributed by atoms with van der Waals surface area (Å²) < 4.78 is 22.6. The molecule has 0 unspecified atom stereocenters. The predicted octanol–water partition coefficient (Wildman–Crippen LogP) is 2.59. The molecule has 112 valence electrons. The van der Waals surface area contributed by atoms with Gasteiger partial charge in [-0.15, -0.1) is 0 Å². The minimum atomic E-state index is -2.87. The maximum absolute atomic E-state index is 11.3. The van der Waals surface area contributed by atoms with Gasteiger partial charge in [0.25, 0.3) is 0 Å². The molecular weight excluding hydrogens is 270 g/mol. The summed E-state index contributed by atoms with van der Waals surface area (Å²) in [5.74, 6) is 1.01. The molecule has 1 aliphatic carbocycles. The molecule has 0 aromatic heterocycles. The largest absolute Gasteiger partial charge is 0.313 e. The van der Waals surface area contributed by atoms with Crippen molar-refractivity contribution in [2.24, 2.45) is 5.92 Å². The van der Waals surface area contributed by atoms with Gasteiger partial charge in [-0.25, -0.2) is 8.42 Å². The molecule has 0 aliphatic heterocycles. The summed E-state index contributed by atoms with van der Waals surface area (Å²) in [6.45, 7) is 2.78. The minimum Gasteiger partial charge on any atom is -0.313 e. The van der Waals surface area contributed by atoms with E-state index in [9.17, 15) is 8.42 Å². The third-order valence-electron chi connectivity index (χ3n) is 4.06. The number of rotatable bonds is 6. The molecule has 0 radical (unpaired) electrons. The zero-order valence-corrected chi connectivity index (χ0v) is 13.2. The number of sulfone groups is 1. The van der Waals surface area contributed by atoms with Crippen LogP contribution in [0, 0.1) is 5.92 Å². The molecule has 2 rings (SSSR count). The summed E-state index contributed by atoms with van der Waals surface area (Å²) in [5, 5.41) is 3.59. The van der Waals surface area contributed by atoms with Crippen molar-refractivity contribution in [2.75, 3.05) is 18.6 Å². The lowest BCUT2D eigenvalue weighted by Gasteiger charge is -2.23. The van der Waals surface area contributed by atoms with Gasteiger partial charge in [0, 0.05) is 12.3 Å². The number of nitrogens with one attached hydrogen (secondary N) is 1. The molecule has 1 aromatic rings. The quantitative estimate of drug-likeness (QED) is 0.877. The average Bonchev–Trinajstić information content (AvgIpc) is 2.83. The molecule has 0 amide bonds. The van der Waals surface area contributed by atoms with Gasteiger partial charge in [0.15, 0.2) is 0 Å². The Morgan fingerprint density at radius 2 is 1.95 bits per heavy atom. The Hall–Kier alpha value is -0.870. The van der Waals surface area contributed by atoms with E-state index in [2.05, 4.69) is 35.6 Å². The van der Waals surface area contributed by atoms with Crippen molar-refractivity contribution in [2.45, 2.75) is 38.1 Å². The predicted molar refractivity (Wildman–Crippen MR) is 83.7 cm³/mol. The smallest absolute Gasteiger partial charge is 0.147 e. The number of hydrogen-bond acceptors (Lipinski definition) is 3. The van der Waals surface area contributed by atoms with Crippen molar-refractivity contribution in [3.05, 3.63) is 35.9 Å². The van der Waals surface area contributed by atoms with Gasteiger partial charge >= 0.3 is 0 Å². The third-order valence-corrected chi connectivity index (χ3v) is 5.23. The lowest BCUT2D eigenvalue weighted by molar-refractivity contribution is 0.438. The van der Waals surface area contributed by atoms with Crippen molar-refractivity contribution < 1.29 is 8.42 Å². The Morgan fingerprint density at radius 1 is 1.25 bits per heavy atom. The fourth-order valence-electron chi connectivity index (χ4n) is 3.23. The van der Waals surface area contributed by atoms with E-state index in [1.807, 2.05) is 6.92 Å². The fourth-order valence-corrected chi connectivity index (χ4v) is 4.38. The highest BCUT2D eigenvalue weighted by Crippen LogP contribution is 2.34. The molecule has 1 saturated carbocycles. The summed E-state index contributed by atoms with van der Waals surface area (Å²) in [6, 6.07) is 11.1. The second-order valence-corrected chi connectivity index (χ2v) is 8.35. The lowest BCUT2D eigenvalue weighted by atomic mass is 9.94. The third kappa shape index (κ3) is 4.60. The standard InChI is InChI=1S/C16H25NO2S/c1-13(12-20(2,18)19)11-17-16-10-6-9-15(16)14-7-4-3-5-8-14/h3-5,7-8,13,15-17H,6,9-12H2,1-2H3/t13-,15-,16-/m1/s1. The van der Waals surface area contributed by atoms with Gasteiger partial charge in [-0.05, 0) is 36.8 Å². The molecule has 0 heterocycles. The Kier molecular flexibility index (Phi) is 5.22. The van der Waals surface area contributed by atoms with Crippen LogP contribution in [0.4, 0.5) is 0 Å². The second-order valence-electron chi connectivity index (χ2n) is 6.16. The Morgan fingerprint density at radius 3 is 2.60 bits per heavy atom. The summed E-state index contributed by atoms with van der Waals surface area (Å²) in [7, 11) is -2.87. The van der Waals surface area contributed by atoms with Crippen molar-refractivity contribution in [3.63, 3.8) is 0 Å². The van der Waals surface area contributed by atoms with E-state index < -0.39 is 9.84 Å². The normalized spacial score (nSPS) is 24.7. The summed E-state index contributed by atoms with van der Waals surface area (Å²) in [5.41, 5.74) is 1.40. The van der Waals surface area contributed by atoms with E-state index in [4.69, 9.17) is 0 Å². The van der Waals surface area contributed by atoms with E-state index >= 15 is 0 Å². The molecule has 3 nitrogen and oxygen atoms in total. The molecule has 1 aliphatic rings. The summed E-state index contributed by atoms with van der Waals surface area (Å²) in [6.07, 6.45) is 4.97. The van der Waals surface area contributed by atoms with Crippen LogP contribution in [0.5, 0.6) is 0 Å². The van der Waals surface area contributed by atoms with Crippen LogP contribution in [0.15, 0.2) is 30.3 Å². The Bertz CT molecular complexity index is 513. The molecule has 0 saturated heterocycles. The van der Waals surface area contributed by atoms with Crippen LogP contribution in [0.1, 0.15) is 37.7 Å². The van der Waals surface area contributed by atoms with E-state index in [1.165, 1.54) is 31.1 Å². The monoisotopic (exact) mass is 295 g/mol. The number of hydrogen-bond donors (Lipinski definition) is 1. The van der Waals surface area contributed by atoms with Gasteiger partial charge in [-0.3, -0.25) is 0 Å². The number of benzene rings is 1. The van der Waals surface area contributed by atoms with Crippen molar-refractivity contribution in [1.82, 2.24) is 5.32 Å². The molecule has 1 fully saturated rings. The first-order chi connectivity index (χ1) is 9.46.